The molecule has 3 aromatic heterocycles. The Morgan fingerprint density at radius 1 is 1.06 bits per heavy atom. The van der Waals surface area contributed by atoms with Gasteiger partial charge in [0.05, 0.1) is 5.69 Å². The molecule has 0 N–H and O–H groups in total. The summed E-state index contributed by atoms with van der Waals surface area (Å²) < 4.78 is 6.41. The fourth-order valence-corrected chi connectivity index (χ4v) is 5.41. The molecular formula is C29H34N2O. The minimum absolute atomic E-state index is 0.193. The second-order valence-electron chi connectivity index (χ2n) is 11.2. The van der Waals surface area contributed by atoms with Crippen LogP contribution < -0.4 is 0 Å². The number of furan rings is 1. The van der Waals surface area contributed by atoms with Gasteiger partial charge in [0.2, 0.25) is 5.71 Å². The lowest BCUT2D eigenvalue weighted by atomic mass is 9.79. The first kappa shape index (κ1) is 21.2. The smallest absolute Gasteiger partial charge is 0.227 e. The summed E-state index contributed by atoms with van der Waals surface area (Å²) in [5.41, 5.74) is 7.97. The first-order valence-corrected chi connectivity index (χ1v) is 12.1. The number of benzene rings is 1. The van der Waals surface area contributed by atoms with Crippen molar-refractivity contribution in [3.63, 3.8) is 0 Å². The van der Waals surface area contributed by atoms with Crippen molar-refractivity contribution in [2.75, 3.05) is 0 Å². The lowest BCUT2D eigenvalue weighted by molar-refractivity contribution is 0.370. The van der Waals surface area contributed by atoms with Gasteiger partial charge in [-0.3, -0.25) is 4.98 Å². The van der Waals surface area contributed by atoms with Crippen molar-refractivity contribution in [3.05, 3.63) is 59.4 Å². The summed E-state index contributed by atoms with van der Waals surface area (Å²) in [6.45, 7) is 11.4. The minimum atomic E-state index is 0.193. The largest absolute Gasteiger partial charge is 0.437 e. The molecule has 3 heterocycles. The van der Waals surface area contributed by atoms with Gasteiger partial charge >= 0.3 is 0 Å². The Morgan fingerprint density at radius 3 is 2.69 bits per heavy atom. The normalized spacial score (nSPS) is 16.8. The standard InChI is InChI=1S/C29H34N2O/c1-18(2)15-19-9-11-22-20(16-19)13-14-30-26(22)25-8-6-7-23-24-12-10-21(17-29(3,4)5)31-28(24)32-27(23)25/h6-8,10,12-14,18-19H,9,11,15-17H2,1-5H3. The Labute approximate surface area is 191 Å². The zero-order valence-corrected chi connectivity index (χ0v) is 20.0. The van der Waals surface area contributed by atoms with Gasteiger partial charge in [-0.1, -0.05) is 46.8 Å². The zero-order valence-electron chi connectivity index (χ0n) is 20.0. The number of pyridine rings is 2. The average molecular weight is 427 g/mol. The first-order chi connectivity index (χ1) is 15.3. The summed E-state index contributed by atoms with van der Waals surface area (Å²) >= 11 is 0. The van der Waals surface area contributed by atoms with Crippen LogP contribution in [0.15, 0.2) is 47.0 Å². The van der Waals surface area contributed by atoms with Crippen molar-refractivity contribution < 1.29 is 4.42 Å². The lowest BCUT2D eigenvalue weighted by Gasteiger charge is -2.27. The molecule has 3 nitrogen and oxygen atoms in total. The number of aromatic nitrogens is 2. The summed E-state index contributed by atoms with van der Waals surface area (Å²) in [6.07, 6.45) is 7.72. The molecule has 5 rings (SSSR count). The van der Waals surface area contributed by atoms with Crippen LogP contribution in [0.3, 0.4) is 0 Å². The third-order valence-electron chi connectivity index (χ3n) is 6.66. The van der Waals surface area contributed by atoms with Gasteiger partial charge in [-0.2, -0.15) is 0 Å². The highest BCUT2D eigenvalue weighted by atomic mass is 16.3. The molecule has 166 valence electrons. The third kappa shape index (κ3) is 4.05. The van der Waals surface area contributed by atoms with Crippen molar-refractivity contribution in [1.29, 1.82) is 0 Å². The highest BCUT2D eigenvalue weighted by Gasteiger charge is 2.24. The molecular weight excluding hydrogens is 392 g/mol. The molecule has 0 saturated heterocycles. The molecule has 0 radical (unpaired) electrons. The van der Waals surface area contributed by atoms with E-state index in [0.717, 1.165) is 70.1 Å². The fraction of sp³-hybridized carbons (Fsp3) is 0.448. The molecule has 0 fully saturated rings. The van der Waals surface area contributed by atoms with Crippen molar-refractivity contribution in [3.8, 4) is 11.3 Å². The van der Waals surface area contributed by atoms with Crippen LogP contribution in [-0.4, -0.2) is 9.97 Å². The molecule has 4 aromatic rings. The second-order valence-corrected chi connectivity index (χ2v) is 11.2. The number of fused-ring (bicyclic) bond motifs is 4. The molecule has 1 atom stereocenters. The van der Waals surface area contributed by atoms with Crippen LogP contribution in [0.4, 0.5) is 0 Å². The van der Waals surface area contributed by atoms with Crippen LogP contribution >= 0.6 is 0 Å². The average Bonchev–Trinajstić information content (AvgIpc) is 3.09. The van der Waals surface area contributed by atoms with E-state index in [0.29, 0.717) is 0 Å². The molecule has 1 aromatic carbocycles. The molecule has 3 heteroatoms. The third-order valence-corrected chi connectivity index (χ3v) is 6.66. The van der Waals surface area contributed by atoms with Crippen LogP contribution in [0.1, 0.15) is 64.3 Å². The molecule has 0 bridgehead atoms. The molecule has 0 amide bonds. The van der Waals surface area contributed by atoms with E-state index >= 15 is 0 Å². The van der Waals surface area contributed by atoms with E-state index in [1.807, 2.05) is 6.20 Å². The topological polar surface area (TPSA) is 38.9 Å². The van der Waals surface area contributed by atoms with E-state index in [9.17, 15) is 0 Å². The molecule has 1 aliphatic rings. The van der Waals surface area contributed by atoms with Gasteiger partial charge in [0, 0.05) is 28.2 Å². The summed E-state index contributed by atoms with van der Waals surface area (Å²) in [4.78, 5) is 9.72. The maximum atomic E-state index is 6.41. The van der Waals surface area contributed by atoms with Crippen LogP contribution in [0.5, 0.6) is 0 Å². The Kier molecular flexibility index (Phi) is 5.31. The Hall–Kier alpha value is -2.68. The van der Waals surface area contributed by atoms with Crippen molar-refractivity contribution >= 4 is 22.1 Å². The Bertz CT molecular complexity index is 1280. The van der Waals surface area contributed by atoms with E-state index in [4.69, 9.17) is 14.4 Å². The lowest BCUT2D eigenvalue weighted by Crippen LogP contribution is -2.17. The van der Waals surface area contributed by atoms with Gasteiger partial charge in [0.15, 0.2) is 0 Å². The molecule has 0 aliphatic heterocycles. The van der Waals surface area contributed by atoms with Crippen molar-refractivity contribution in [2.24, 2.45) is 17.3 Å². The summed E-state index contributed by atoms with van der Waals surface area (Å²) in [5.74, 6) is 1.54. The van der Waals surface area contributed by atoms with Crippen molar-refractivity contribution in [1.82, 2.24) is 9.97 Å². The second kappa shape index (κ2) is 8.03. The maximum absolute atomic E-state index is 6.41. The van der Waals surface area contributed by atoms with Gasteiger partial charge in [-0.05, 0) is 84.7 Å². The van der Waals surface area contributed by atoms with Crippen LogP contribution in [-0.2, 0) is 19.3 Å². The van der Waals surface area contributed by atoms with Gasteiger partial charge in [0.25, 0.3) is 0 Å². The molecule has 0 saturated carbocycles. The number of para-hydroxylation sites is 1. The SMILES string of the molecule is CC(C)CC1CCc2c(ccnc2-c2cccc3c2oc2nc(CC(C)(C)C)ccc23)C1. The number of rotatable bonds is 4. The van der Waals surface area contributed by atoms with Gasteiger partial charge < -0.3 is 4.42 Å². The number of hydrogen-bond acceptors (Lipinski definition) is 3. The quantitative estimate of drug-likeness (QED) is 0.334. The predicted octanol–water partition coefficient (Wildman–Crippen LogP) is 7.78. The van der Waals surface area contributed by atoms with Gasteiger partial charge in [-0.15, -0.1) is 0 Å². The molecule has 1 aliphatic carbocycles. The van der Waals surface area contributed by atoms with E-state index in [2.05, 4.69) is 71.0 Å². The van der Waals surface area contributed by atoms with Crippen molar-refractivity contribution in [2.45, 2.75) is 66.7 Å². The monoisotopic (exact) mass is 426 g/mol. The Balaban J connectivity index is 1.59. The van der Waals surface area contributed by atoms with Crippen LogP contribution in [0.25, 0.3) is 33.3 Å². The summed E-state index contributed by atoms with van der Waals surface area (Å²) in [7, 11) is 0. The minimum Gasteiger partial charge on any atom is -0.437 e. The molecule has 1 unspecified atom stereocenters. The number of nitrogens with zero attached hydrogens (tertiary/aromatic N) is 2. The number of hydrogen-bond donors (Lipinski definition) is 0. The molecule has 32 heavy (non-hydrogen) atoms. The zero-order chi connectivity index (χ0) is 22.5. The van der Waals surface area contributed by atoms with Gasteiger partial charge in [-0.25, -0.2) is 4.98 Å². The maximum Gasteiger partial charge on any atom is 0.227 e. The summed E-state index contributed by atoms with van der Waals surface area (Å²) in [5, 5.41) is 2.21. The fourth-order valence-electron chi connectivity index (χ4n) is 5.41. The predicted molar refractivity (Wildman–Crippen MR) is 133 cm³/mol. The van der Waals surface area contributed by atoms with E-state index in [-0.39, 0.29) is 5.41 Å². The van der Waals surface area contributed by atoms with Crippen LogP contribution in [0.2, 0.25) is 0 Å². The van der Waals surface area contributed by atoms with Gasteiger partial charge in [0.1, 0.15) is 5.58 Å². The van der Waals surface area contributed by atoms with Crippen LogP contribution in [0, 0.1) is 17.3 Å². The van der Waals surface area contributed by atoms with E-state index in [1.165, 1.54) is 24.0 Å². The van der Waals surface area contributed by atoms with E-state index < -0.39 is 0 Å². The Morgan fingerprint density at radius 2 is 1.91 bits per heavy atom. The molecule has 0 spiro atoms. The summed E-state index contributed by atoms with van der Waals surface area (Å²) in [6, 6.07) is 13.0. The first-order valence-electron chi connectivity index (χ1n) is 12.1. The van der Waals surface area contributed by atoms with E-state index in [1.54, 1.807) is 0 Å². The highest BCUT2D eigenvalue weighted by molar-refractivity contribution is 6.08. The highest BCUT2D eigenvalue weighted by Crippen LogP contribution is 2.39.